The zero-order valence-corrected chi connectivity index (χ0v) is 17.0. The molecule has 2 nitrogen and oxygen atoms in total. The number of aliphatic imine (C=N–C) groups is 1. The molecule has 140 valence electrons. The van der Waals surface area contributed by atoms with Crippen molar-refractivity contribution in [3.8, 4) is 0 Å². The van der Waals surface area contributed by atoms with Crippen molar-refractivity contribution >= 4 is 17.8 Å². The van der Waals surface area contributed by atoms with Crippen molar-refractivity contribution in [2.24, 2.45) is 16.3 Å². The van der Waals surface area contributed by atoms with Crippen molar-refractivity contribution in [1.82, 2.24) is 4.90 Å². The van der Waals surface area contributed by atoms with Crippen molar-refractivity contribution in [2.45, 2.75) is 45.6 Å². The van der Waals surface area contributed by atoms with E-state index in [2.05, 4.69) is 61.4 Å². The average molecular weight is 379 g/mol. The zero-order chi connectivity index (χ0) is 18.6. The lowest BCUT2D eigenvalue weighted by Gasteiger charge is -2.46. The van der Waals surface area contributed by atoms with Gasteiger partial charge in [0.05, 0.1) is 6.54 Å². The van der Waals surface area contributed by atoms with Crippen LogP contribution in [0.1, 0.15) is 38.7 Å². The quantitative estimate of drug-likeness (QED) is 0.677. The summed E-state index contributed by atoms with van der Waals surface area (Å²) in [4.78, 5) is 7.45. The number of halogens is 1. The number of hydrogen-bond donors (Lipinski definition) is 0. The first-order valence-corrected chi connectivity index (χ1v) is 10.6. The van der Waals surface area contributed by atoms with Gasteiger partial charge in [0.2, 0.25) is 0 Å². The van der Waals surface area contributed by atoms with E-state index in [1.807, 2.05) is 0 Å². The molecule has 2 aliphatic heterocycles. The molecule has 0 aromatic heterocycles. The van der Waals surface area contributed by atoms with Gasteiger partial charge in [-0.2, -0.15) is 0 Å². The van der Waals surface area contributed by atoms with E-state index in [0.717, 1.165) is 30.8 Å². The summed E-state index contributed by atoms with van der Waals surface area (Å²) in [5, 5.41) is 0.864. The molecule has 3 heteroatoms. The Hall–Kier alpha value is -1.80. The fourth-order valence-corrected chi connectivity index (χ4v) is 5.88. The second-order valence-corrected chi connectivity index (χ2v) is 9.14. The molecular formula is C24H27ClN2. The first-order chi connectivity index (χ1) is 13.1. The Bertz CT molecular complexity index is 892. The first kappa shape index (κ1) is 17.3. The van der Waals surface area contributed by atoms with Crippen LogP contribution in [-0.4, -0.2) is 30.2 Å². The molecular weight excluding hydrogens is 352 g/mol. The Balaban J connectivity index is 1.57. The molecule has 1 aromatic rings. The van der Waals surface area contributed by atoms with Crippen LogP contribution in [0, 0.1) is 11.3 Å². The van der Waals surface area contributed by atoms with Gasteiger partial charge in [0.1, 0.15) is 0 Å². The van der Waals surface area contributed by atoms with Crippen LogP contribution in [0.4, 0.5) is 0 Å². The molecule has 0 saturated carbocycles. The van der Waals surface area contributed by atoms with Crippen molar-refractivity contribution in [3.63, 3.8) is 0 Å². The molecule has 3 atom stereocenters. The number of fused-ring (bicyclic) bond motifs is 1. The third-order valence-electron chi connectivity index (χ3n) is 7.33. The van der Waals surface area contributed by atoms with Gasteiger partial charge in [-0.05, 0) is 54.4 Å². The molecule has 2 heterocycles. The van der Waals surface area contributed by atoms with Crippen LogP contribution in [0.25, 0.3) is 0 Å². The minimum atomic E-state index is 0.0345. The highest BCUT2D eigenvalue weighted by molar-refractivity contribution is 6.30. The number of benzene rings is 1. The minimum absolute atomic E-state index is 0.0345. The lowest BCUT2D eigenvalue weighted by Crippen LogP contribution is -2.46. The van der Waals surface area contributed by atoms with E-state index < -0.39 is 0 Å². The standard InChI is InChI=1S/C24H27ClN2/c1-16-23-13-20-19-12-18(25)14-26-15-24(16,2)21(19)8-9-22(20)27(23)11-10-17-6-4-3-5-7-17/h3-7,12,15-16,23H,8-11,13-14H2,1-2H3. The van der Waals surface area contributed by atoms with Crippen LogP contribution >= 0.6 is 11.6 Å². The van der Waals surface area contributed by atoms with Crippen LogP contribution in [-0.2, 0) is 6.42 Å². The highest BCUT2D eigenvalue weighted by Crippen LogP contribution is 2.56. The molecule has 0 amide bonds. The molecule has 4 aliphatic rings. The summed E-state index contributed by atoms with van der Waals surface area (Å²) in [6.45, 7) is 6.57. The van der Waals surface area contributed by atoms with Crippen molar-refractivity contribution in [2.75, 3.05) is 13.1 Å². The second-order valence-electron chi connectivity index (χ2n) is 8.65. The van der Waals surface area contributed by atoms with Gasteiger partial charge in [-0.1, -0.05) is 61.4 Å². The molecule has 3 unspecified atom stereocenters. The van der Waals surface area contributed by atoms with E-state index in [1.54, 1.807) is 16.8 Å². The Labute approximate surface area is 167 Å². The molecule has 1 aromatic carbocycles. The van der Waals surface area contributed by atoms with Crippen molar-refractivity contribution in [3.05, 3.63) is 69.4 Å². The van der Waals surface area contributed by atoms with E-state index in [0.29, 0.717) is 18.5 Å². The van der Waals surface area contributed by atoms with Crippen LogP contribution in [0.2, 0.25) is 0 Å². The maximum Gasteiger partial charge on any atom is 0.0743 e. The fourth-order valence-electron chi connectivity index (χ4n) is 5.70. The van der Waals surface area contributed by atoms with E-state index in [4.69, 9.17) is 16.6 Å². The Morgan fingerprint density at radius 3 is 2.85 bits per heavy atom. The molecule has 0 N–H and O–H groups in total. The molecule has 5 rings (SSSR count). The summed E-state index contributed by atoms with van der Waals surface area (Å²) in [7, 11) is 0. The highest BCUT2D eigenvalue weighted by Gasteiger charge is 2.50. The molecule has 2 aliphatic carbocycles. The topological polar surface area (TPSA) is 15.6 Å². The van der Waals surface area contributed by atoms with Gasteiger partial charge >= 0.3 is 0 Å². The second kappa shape index (κ2) is 6.38. The summed E-state index contributed by atoms with van der Waals surface area (Å²) in [6, 6.07) is 11.5. The fraction of sp³-hybridized carbons (Fsp3) is 0.458. The maximum atomic E-state index is 6.50. The normalized spacial score (nSPS) is 31.8. The molecule has 0 spiro atoms. The van der Waals surface area contributed by atoms with E-state index in [1.165, 1.54) is 17.6 Å². The highest BCUT2D eigenvalue weighted by atomic mass is 35.5. The van der Waals surface area contributed by atoms with Gasteiger partial charge in [-0.3, -0.25) is 4.99 Å². The molecule has 0 saturated heterocycles. The average Bonchev–Trinajstić information content (AvgIpc) is 3.01. The lowest BCUT2D eigenvalue weighted by molar-refractivity contribution is 0.152. The van der Waals surface area contributed by atoms with E-state index in [9.17, 15) is 0 Å². The molecule has 5 bridgehead atoms. The summed E-state index contributed by atoms with van der Waals surface area (Å²) in [5.41, 5.74) is 7.62. The van der Waals surface area contributed by atoms with Crippen molar-refractivity contribution in [1.29, 1.82) is 0 Å². The summed E-state index contributed by atoms with van der Waals surface area (Å²) >= 11 is 6.50. The maximum absolute atomic E-state index is 6.50. The van der Waals surface area contributed by atoms with Crippen molar-refractivity contribution < 1.29 is 0 Å². The lowest BCUT2D eigenvalue weighted by atomic mass is 9.66. The zero-order valence-electron chi connectivity index (χ0n) is 16.2. The van der Waals surface area contributed by atoms with Crippen LogP contribution in [0.5, 0.6) is 0 Å². The third kappa shape index (κ3) is 2.64. The monoisotopic (exact) mass is 378 g/mol. The number of allylic oxidation sites excluding steroid dienone is 4. The molecule has 0 radical (unpaired) electrons. The summed E-state index contributed by atoms with van der Waals surface area (Å²) < 4.78 is 0. The van der Waals surface area contributed by atoms with Gasteiger partial charge in [0.25, 0.3) is 0 Å². The number of likely N-dealkylation sites (tertiary alicyclic amines) is 1. The number of nitrogens with zero attached hydrogens (tertiary/aromatic N) is 2. The Morgan fingerprint density at radius 1 is 1.22 bits per heavy atom. The largest absolute Gasteiger partial charge is 0.371 e. The van der Waals surface area contributed by atoms with Gasteiger partial charge < -0.3 is 4.90 Å². The van der Waals surface area contributed by atoms with Gasteiger partial charge in [-0.15, -0.1) is 0 Å². The van der Waals surface area contributed by atoms with Crippen LogP contribution in [0.3, 0.4) is 0 Å². The summed E-state index contributed by atoms with van der Waals surface area (Å²) in [5.74, 6) is 0.544. The van der Waals surface area contributed by atoms with E-state index in [-0.39, 0.29) is 5.41 Å². The molecule has 0 fully saturated rings. The Kier molecular flexibility index (Phi) is 4.09. The summed E-state index contributed by atoms with van der Waals surface area (Å²) in [6.07, 6.45) is 9.03. The first-order valence-electron chi connectivity index (χ1n) is 10.2. The Morgan fingerprint density at radius 2 is 2.04 bits per heavy atom. The smallest absolute Gasteiger partial charge is 0.0743 e. The number of rotatable bonds is 3. The van der Waals surface area contributed by atoms with Crippen LogP contribution < -0.4 is 0 Å². The van der Waals surface area contributed by atoms with Crippen LogP contribution in [0.15, 0.2) is 68.8 Å². The predicted octanol–water partition coefficient (Wildman–Crippen LogP) is 5.51. The van der Waals surface area contributed by atoms with Gasteiger partial charge in [-0.25, -0.2) is 0 Å². The van der Waals surface area contributed by atoms with Gasteiger partial charge in [0.15, 0.2) is 0 Å². The SMILES string of the molecule is CC1C2CC3=C(CCC4=C3C=C(Cl)CN=CC41C)N2CCc1ccccc1. The molecule has 27 heavy (non-hydrogen) atoms. The predicted molar refractivity (Wildman–Crippen MR) is 113 cm³/mol. The minimum Gasteiger partial charge on any atom is -0.371 e. The van der Waals surface area contributed by atoms with Gasteiger partial charge in [0, 0.05) is 34.9 Å². The van der Waals surface area contributed by atoms with E-state index >= 15 is 0 Å². The number of hydrogen-bond acceptors (Lipinski definition) is 2. The third-order valence-corrected chi connectivity index (χ3v) is 7.56.